The fraction of sp³-hybridized carbons (Fsp3) is 0.167. The van der Waals surface area contributed by atoms with Crippen molar-refractivity contribution in [3.05, 3.63) is 34.0 Å². The van der Waals surface area contributed by atoms with Crippen molar-refractivity contribution in [3.8, 4) is 11.8 Å². The van der Waals surface area contributed by atoms with Crippen molar-refractivity contribution in [2.75, 3.05) is 0 Å². The molecule has 110 valence electrons. The maximum Gasteiger partial charge on any atom is 0.511 e. The minimum absolute atomic E-state index is 0.0239. The lowest BCUT2D eigenvalue weighted by Gasteiger charge is -2.27. The minimum atomic E-state index is -4.91. The van der Waals surface area contributed by atoms with Gasteiger partial charge >= 0.3 is 12.3 Å². The summed E-state index contributed by atoms with van der Waals surface area (Å²) in [6.45, 7) is 0. The zero-order valence-corrected chi connectivity index (χ0v) is 10.7. The Hall–Kier alpha value is -2.40. The Bertz CT molecular complexity index is 678. The van der Waals surface area contributed by atoms with Crippen LogP contribution in [0, 0.1) is 11.3 Å². The molecular weight excluding hydrogens is 315 g/mol. The topological polar surface area (TPSA) is 79.5 Å². The second-order valence-corrected chi connectivity index (χ2v) is 4.37. The van der Waals surface area contributed by atoms with Crippen LogP contribution in [0.3, 0.4) is 0 Å². The summed E-state index contributed by atoms with van der Waals surface area (Å²) in [5.41, 5.74) is -0.173. The molecule has 1 aromatic carbocycles. The lowest BCUT2D eigenvalue weighted by molar-refractivity contribution is -0.191. The highest BCUT2D eigenvalue weighted by Gasteiger charge is 2.48. The van der Waals surface area contributed by atoms with Crippen molar-refractivity contribution in [3.63, 3.8) is 0 Å². The first-order valence-electron chi connectivity index (χ1n) is 5.31. The molecule has 0 saturated heterocycles. The van der Waals surface area contributed by atoms with E-state index >= 15 is 0 Å². The second kappa shape index (κ2) is 5.18. The molecule has 1 aliphatic heterocycles. The van der Waals surface area contributed by atoms with Gasteiger partial charge < -0.3 is 14.6 Å². The first kappa shape index (κ1) is 15.0. The van der Waals surface area contributed by atoms with E-state index in [0.717, 1.165) is 12.1 Å². The summed E-state index contributed by atoms with van der Waals surface area (Å²) >= 11 is 5.73. The van der Waals surface area contributed by atoms with Crippen LogP contribution in [0.25, 0.3) is 6.08 Å². The van der Waals surface area contributed by atoms with Crippen LogP contribution in [0.2, 0.25) is 5.02 Å². The van der Waals surface area contributed by atoms with Crippen molar-refractivity contribution in [1.82, 2.24) is 0 Å². The number of alkyl halides is 3. The van der Waals surface area contributed by atoms with Gasteiger partial charge in [0.25, 0.3) is 6.10 Å². The SMILES string of the molecule is N#Cc1cc(Cl)cc2c1OC(C(F)(F)F)C(OC(=O)O)=C2. The third-order valence-electron chi connectivity index (χ3n) is 2.50. The average molecular weight is 320 g/mol. The van der Waals surface area contributed by atoms with E-state index in [-0.39, 0.29) is 21.9 Å². The van der Waals surface area contributed by atoms with Gasteiger partial charge in [-0.3, -0.25) is 0 Å². The number of halogens is 4. The summed E-state index contributed by atoms with van der Waals surface area (Å²) in [5.74, 6) is -1.28. The number of carboxylic acid groups (broad SMARTS) is 1. The Kier molecular flexibility index (Phi) is 3.70. The number of hydrogen-bond acceptors (Lipinski definition) is 4. The first-order valence-corrected chi connectivity index (χ1v) is 5.69. The highest BCUT2D eigenvalue weighted by atomic mass is 35.5. The van der Waals surface area contributed by atoms with Gasteiger partial charge in [0.05, 0.1) is 5.56 Å². The zero-order valence-electron chi connectivity index (χ0n) is 9.94. The van der Waals surface area contributed by atoms with Gasteiger partial charge in [-0.25, -0.2) is 4.79 Å². The number of benzene rings is 1. The molecule has 0 aromatic heterocycles. The van der Waals surface area contributed by atoms with Gasteiger partial charge in [-0.2, -0.15) is 18.4 Å². The molecule has 1 aliphatic rings. The smallest absolute Gasteiger partial charge is 0.471 e. The van der Waals surface area contributed by atoms with Crippen LogP contribution in [0.5, 0.6) is 5.75 Å². The van der Waals surface area contributed by atoms with E-state index in [0.29, 0.717) is 0 Å². The predicted molar refractivity (Wildman–Crippen MR) is 63.7 cm³/mol. The molecule has 1 unspecified atom stereocenters. The van der Waals surface area contributed by atoms with E-state index in [4.69, 9.17) is 26.7 Å². The molecule has 0 spiro atoms. The van der Waals surface area contributed by atoms with Crippen LogP contribution >= 0.6 is 11.6 Å². The Morgan fingerprint density at radius 1 is 1.48 bits per heavy atom. The monoisotopic (exact) mass is 319 g/mol. The molecule has 5 nitrogen and oxygen atoms in total. The van der Waals surface area contributed by atoms with Gasteiger partial charge in [0.2, 0.25) is 0 Å². The summed E-state index contributed by atoms with van der Waals surface area (Å²) in [7, 11) is 0. The quantitative estimate of drug-likeness (QED) is 0.800. The molecule has 2 rings (SSSR count). The molecule has 1 N–H and O–H groups in total. The van der Waals surface area contributed by atoms with Crippen LogP contribution in [-0.4, -0.2) is 23.5 Å². The van der Waals surface area contributed by atoms with Crippen molar-refractivity contribution in [2.45, 2.75) is 12.3 Å². The van der Waals surface area contributed by atoms with E-state index in [1.807, 2.05) is 0 Å². The molecule has 0 bridgehead atoms. The number of nitrogens with zero attached hydrogens (tertiary/aromatic N) is 1. The Balaban J connectivity index is 2.59. The van der Waals surface area contributed by atoms with Crippen LogP contribution < -0.4 is 4.74 Å². The van der Waals surface area contributed by atoms with Crippen molar-refractivity contribution in [2.24, 2.45) is 0 Å². The zero-order chi connectivity index (χ0) is 15.8. The van der Waals surface area contributed by atoms with Crippen molar-refractivity contribution < 1.29 is 32.5 Å². The van der Waals surface area contributed by atoms with Gasteiger partial charge in [0.15, 0.2) is 5.76 Å². The molecule has 1 atom stereocenters. The third kappa shape index (κ3) is 3.03. The first-order chi connectivity index (χ1) is 9.72. The molecule has 0 saturated carbocycles. The number of ether oxygens (including phenoxy) is 2. The largest absolute Gasteiger partial charge is 0.511 e. The van der Waals surface area contributed by atoms with E-state index < -0.39 is 24.2 Å². The number of nitriles is 1. The molecule has 21 heavy (non-hydrogen) atoms. The molecule has 9 heteroatoms. The van der Waals surface area contributed by atoms with Gasteiger partial charge in [-0.1, -0.05) is 11.6 Å². The lowest BCUT2D eigenvalue weighted by atomic mass is 10.0. The van der Waals surface area contributed by atoms with E-state index in [1.54, 1.807) is 6.07 Å². The minimum Gasteiger partial charge on any atom is -0.471 e. The van der Waals surface area contributed by atoms with Crippen LogP contribution in [0.1, 0.15) is 11.1 Å². The van der Waals surface area contributed by atoms with Gasteiger partial charge in [0, 0.05) is 10.6 Å². The third-order valence-corrected chi connectivity index (χ3v) is 2.72. The van der Waals surface area contributed by atoms with Gasteiger partial charge in [-0.15, -0.1) is 0 Å². The van der Waals surface area contributed by atoms with Crippen LogP contribution in [0.4, 0.5) is 18.0 Å². The highest BCUT2D eigenvalue weighted by Crippen LogP contribution is 2.40. The predicted octanol–water partition coefficient (Wildman–Crippen LogP) is 3.57. The Morgan fingerprint density at radius 3 is 2.67 bits per heavy atom. The normalized spacial score (nSPS) is 17.1. The molecule has 0 fully saturated rings. The maximum atomic E-state index is 12.9. The summed E-state index contributed by atoms with van der Waals surface area (Å²) in [4.78, 5) is 10.5. The molecule has 0 amide bonds. The highest BCUT2D eigenvalue weighted by molar-refractivity contribution is 6.31. The number of hydrogen-bond donors (Lipinski definition) is 1. The average Bonchev–Trinajstić information content (AvgIpc) is 2.34. The molecule has 0 aliphatic carbocycles. The summed E-state index contributed by atoms with van der Waals surface area (Å²) in [6.07, 6.45) is -8.61. The van der Waals surface area contributed by atoms with Gasteiger partial charge in [-0.05, 0) is 18.2 Å². The molecule has 0 radical (unpaired) electrons. The maximum absolute atomic E-state index is 12.9. The number of carbonyl (C=O) groups is 1. The molecular formula is C12H5ClF3NO4. The standard InChI is InChI=1S/C12H5ClF3NO4/c13-7-1-5-3-8(20-11(18)19)10(12(14,15)16)21-9(5)6(2-7)4-17/h1-3,10H,(H,18,19). The number of fused-ring (bicyclic) bond motifs is 1. The molecule has 1 heterocycles. The van der Waals surface area contributed by atoms with Crippen molar-refractivity contribution >= 4 is 23.8 Å². The summed E-state index contributed by atoms with van der Waals surface area (Å²) < 4.78 is 47.5. The fourth-order valence-corrected chi connectivity index (χ4v) is 1.98. The second-order valence-electron chi connectivity index (χ2n) is 3.94. The Morgan fingerprint density at radius 2 is 2.14 bits per heavy atom. The molecule has 1 aromatic rings. The fourth-order valence-electron chi connectivity index (χ4n) is 1.75. The van der Waals surface area contributed by atoms with E-state index in [2.05, 4.69) is 4.74 Å². The lowest BCUT2D eigenvalue weighted by Crippen LogP contribution is -2.39. The van der Waals surface area contributed by atoms with Crippen LogP contribution in [0.15, 0.2) is 17.9 Å². The number of rotatable bonds is 1. The van der Waals surface area contributed by atoms with E-state index in [9.17, 15) is 18.0 Å². The van der Waals surface area contributed by atoms with E-state index in [1.165, 1.54) is 6.07 Å². The van der Waals surface area contributed by atoms with Crippen molar-refractivity contribution in [1.29, 1.82) is 5.26 Å². The summed E-state index contributed by atoms with van der Waals surface area (Å²) in [5, 5.41) is 17.5. The Labute approximate surface area is 120 Å². The summed E-state index contributed by atoms with van der Waals surface area (Å²) in [6, 6.07) is 4.04. The van der Waals surface area contributed by atoms with Crippen LogP contribution in [-0.2, 0) is 4.74 Å². The van der Waals surface area contributed by atoms with Gasteiger partial charge in [0.1, 0.15) is 11.8 Å².